The number of imidazole rings is 1. The van der Waals surface area contributed by atoms with Gasteiger partial charge in [0, 0.05) is 17.8 Å². The van der Waals surface area contributed by atoms with Gasteiger partial charge in [0.25, 0.3) is 0 Å². The molecular weight excluding hydrogens is 336 g/mol. The lowest BCUT2D eigenvalue weighted by Crippen LogP contribution is -1.91. The van der Waals surface area contributed by atoms with E-state index in [1.54, 1.807) is 6.08 Å². The number of carboxylic acid groups (broad SMARTS) is 1. The maximum Gasteiger partial charge on any atom is 0.328 e. The third-order valence-electron chi connectivity index (χ3n) is 4.47. The number of pyridine rings is 1. The maximum atomic E-state index is 11.0. The van der Waals surface area contributed by atoms with E-state index in [1.165, 1.54) is 0 Å². The van der Waals surface area contributed by atoms with Crippen LogP contribution in [0.15, 0.2) is 79.0 Å². The van der Waals surface area contributed by atoms with Gasteiger partial charge in [0.1, 0.15) is 5.65 Å². The van der Waals surface area contributed by atoms with Crippen LogP contribution in [0.25, 0.3) is 34.1 Å². The quantitative estimate of drug-likeness (QED) is 0.520. The van der Waals surface area contributed by atoms with Gasteiger partial charge in [-0.3, -0.25) is 4.40 Å². The molecule has 1 N–H and O–H groups in total. The van der Waals surface area contributed by atoms with Crippen molar-refractivity contribution in [2.75, 3.05) is 0 Å². The van der Waals surface area contributed by atoms with Gasteiger partial charge in [-0.05, 0) is 41.8 Å². The minimum atomic E-state index is -0.984. The van der Waals surface area contributed by atoms with E-state index in [0.29, 0.717) is 0 Å². The molecule has 0 amide bonds. The molecule has 0 aliphatic heterocycles. The highest BCUT2D eigenvalue weighted by atomic mass is 16.4. The fraction of sp³-hybridized carbons (Fsp3) is 0.0435. The lowest BCUT2D eigenvalue weighted by atomic mass is 10.0. The number of hydrogen-bond acceptors (Lipinski definition) is 2. The van der Waals surface area contributed by atoms with Crippen LogP contribution in [0.2, 0.25) is 0 Å². The van der Waals surface area contributed by atoms with Gasteiger partial charge in [-0.2, -0.15) is 0 Å². The Bertz CT molecular complexity index is 1140. The van der Waals surface area contributed by atoms with Gasteiger partial charge in [-0.25, -0.2) is 9.78 Å². The molecule has 0 unspecified atom stereocenters. The molecule has 0 fully saturated rings. The predicted octanol–water partition coefficient (Wildman–Crippen LogP) is 5.07. The summed E-state index contributed by atoms with van der Waals surface area (Å²) in [5.74, 6) is -0.984. The molecule has 4 rings (SSSR count). The lowest BCUT2D eigenvalue weighted by molar-refractivity contribution is -0.131. The topological polar surface area (TPSA) is 54.6 Å². The van der Waals surface area contributed by atoms with E-state index in [4.69, 9.17) is 10.1 Å². The lowest BCUT2D eigenvalue weighted by Gasteiger charge is -2.04. The summed E-state index contributed by atoms with van der Waals surface area (Å²) in [5, 5.41) is 9.04. The average molecular weight is 354 g/mol. The SMILES string of the molecule is Cc1ccn2c(C=CC(=O)O)c(-c3ccc(-c4ccccc4)cc3)nc2c1. The second-order valence-electron chi connectivity index (χ2n) is 6.39. The molecule has 2 heterocycles. The summed E-state index contributed by atoms with van der Waals surface area (Å²) in [6, 6.07) is 22.3. The van der Waals surface area contributed by atoms with E-state index in [1.807, 2.05) is 60.0 Å². The van der Waals surface area contributed by atoms with Crippen molar-refractivity contribution in [3.8, 4) is 22.4 Å². The van der Waals surface area contributed by atoms with E-state index in [-0.39, 0.29) is 0 Å². The summed E-state index contributed by atoms with van der Waals surface area (Å²) in [6.45, 7) is 2.01. The summed E-state index contributed by atoms with van der Waals surface area (Å²) in [7, 11) is 0. The van der Waals surface area contributed by atoms with Crippen LogP contribution in [-0.2, 0) is 4.79 Å². The van der Waals surface area contributed by atoms with E-state index < -0.39 is 5.97 Å². The summed E-state index contributed by atoms with van der Waals surface area (Å²) in [5.41, 5.74) is 6.63. The minimum Gasteiger partial charge on any atom is -0.478 e. The van der Waals surface area contributed by atoms with Crippen molar-refractivity contribution in [3.63, 3.8) is 0 Å². The third kappa shape index (κ3) is 3.37. The first-order chi connectivity index (χ1) is 13.1. The first-order valence-corrected chi connectivity index (χ1v) is 8.67. The van der Waals surface area contributed by atoms with Crippen LogP contribution in [0.4, 0.5) is 0 Å². The summed E-state index contributed by atoms with van der Waals surface area (Å²) < 4.78 is 1.91. The molecular formula is C23H18N2O2. The van der Waals surface area contributed by atoms with Gasteiger partial charge in [0.15, 0.2) is 0 Å². The summed E-state index contributed by atoms with van der Waals surface area (Å²) in [4.78, 5) is 15.8. The Kier molecular flexibility index (Phi) is 4.30. The molecule has 0 saturated carbocycles. The zero-order valence-electron chi connectivity index (χ0n) is 14.8. The normalized spacial score (nSPS) is 11.3. The molecule has 0 aliphatic carbocycles. The molecule has 132 valence electrons. The van der Waals surface area contributed by atoms with Crippen molar-refractivity contribution in [2.24, 2.45) is 0 Å². The first kappa shape index (κ1) is 16.8. The number of hydrogen-bond donors (Lipinski definition) is 1. The van der Waals surface area contributed by atoms with Gasteiger partial charge in [0.2, 0.25) is 0 Å². The number of carboxylic acids is 1. The standard InChI is InChI=1S/C23H18N2O2/c1-16-13-14-25-20(11-12-22(26)27)23(24-21(25)15-16)19-9-7-18(8-10-19)17-5-3-2-4-6-17/h2-15H,1H3,(H,26,27). The van der Waals surface area contributed by atoms with Crippen molar-refractivity contribution in [1.29, 1.82) is 0 Å². The number of rotatable bonds is 4. The second-order valence-corrected chi connectivity index (χ2v) is 6.39. The number of aryl methyl sites for hydroxylation is 1. The fourth-order valence-corrected chi connectivity index (χ4v) is 3.14. The van der Waals surface area contributed by atoms with E-state index >= 15 is 0 Å². The minimum absolute atomic E-state index is 0.750. The number of benzene rings is 2. The second kappa shape index (κ2) is 6.92. The Morgan fingerprint density at radius 2 is 1.63 bits per heavy atom. The Morgan fingerprint density at radius 3 is 2.33 bits per heavy atom. The van der Waals surface area contributed by atoms with Crippen molar-refractivity contribution in [1.82, 2.24) is 9.38 Å². The van der Waals surface area contributed by atoms with Gasteiger partial charge in [-0.1, -0.05) is 54.6 Å². The van der Waals surface area contributed by atoms with Crippen molar-refractivity contribution in [3.05, 3.63) is 90.3 Å². The highest BCUT2D eigenvalue weighted by molar-refractivity contribution is 5.87. The fourth-order valence-electron chi connectivity index (χ4n) is 3.14. The number of aliphatic carboxylic acids is 1. The first-order valence-electron chi connectivity index (χ1n) is 8.67. The molecule has 0 spiro atoms. The van der Waals surface area contributed by atoms with Crippen LogP contribution in [-0.4, -0.2) is 20.5 Å². The molecule has 0 bridgehead atoms. The van der Waals surface area contributed by atoms with E-state index in [9.17, 15) is 4.79 Å². The Balaban J connectivity index is 1.83. The van der Waals surface area contributed by atoms with Crippen LogP contribution in [0.5, 0.6) is 0 Å². The zero-order valence-corrected chi connectivity index (χ0v) is 14.8. The molecule has 4 nitrogen and oxygen atoms in total. The Hall–Kier alpha value is -3.66. The third-order valence-corrected chi connectivity index (χ3v) is 4.47. The van der Waals surface area contributed by atoms with Crippen LogP contribution >= 0.6 is 0 Å². The van der Waals surface area contributed by atoms with Crippen molar-refractivity contribution >= 4 is 17.7 Å². The molecule has 27 heavy (non-hydrogen) atoms. The highest BCUT2D eigenvalue weighted by Crippen LogP contribution is 2.28. The molecule has 2 aromatic carbocycles. The molecule has 0 atom stereocenters. The predicted molar refractivity (Wildman–Crippen MR) is 107 cm³/mol. The van der Waals surface area contributed by atoms with Gasteiger partial charge in [0.05, 0.1) is 11.4 Å². The molecule has 4 aromatic rings. The maximum absolute atomic E-state index is 11.0. The van der Waals surface area contributed by atoms with Gasteiger partial charge >= 0.3 is 5.97 Å². The zero-order chi connectivity index (χ0) is 18.8. The van der Waals surface area contributed by atoms with Crippen LogP contribution in [0.1, 0.15) is 11.3 Å². The largest absolute Gasteiger partial charge is 0.478 e. The van der Waals surface area contributed by atoms with Crippen molar-refractivity contribution in [2.45, 2.75) is 6.92 Å². The summed E-state index contributed by atoms with van der Waals surface area (Å²) in [6.07, 6.45) is 4.66. The number of aromatic nitrogens is 2. The molecule has 2 aromatic heterocycles. The number of carbonyl (C=O) groups is 1. The monoisotopic (exact) mass is 354 g/mol. The van der Waals surface area contributed by atoms with E-state index in [0.717, 1.165) is 45.4 Å². The van der Waals surface area contributed by atoms with Gasteiger partial charge in [-0.15, -0.1) is 0 Å². The average Bonchev–Trinajstić information content (AvgIpc) is 3.04. The highest BCUT2D eigenvalue weighted by Gasteiger charge is 2.12. The number of fused-ring (bicyclic) bond motifs is 1. The smallest absolute Gasteiger partial charge is 0.328 e. The van der Waals surface area contributed by atoms with Crippen LogP contribution in [0.3, 0.4) is 0 Å². The van der Waals surface area contributed by atoms with Crippen LogP contribution < -0.4 is 0 Å². The van der Waals surface area contributed by atoms with Gasteiger partial charge < -0.3 is 5.11 Å². The number of nitrogens with zero attached hydrogens (tertiary/aromatic N) is 2. The Labute approximate surface area is 157 Å². The van der Waals surface area contributed by atoms with Crippen LogP contribution in [0, 0.1) is 6.92 Å². The Morgan fingerprint density at radius 1 is 0.963 bits per heavy atom. The molecule has 0 aliphatic rings. The van der Waals surface area contributed by atoms with E-state index in [2.05, 4.69) is 24.3 Å². The van der Waals surface area contributed by atoms with Crippen molar-refractivity contribution < 1.29 is 9.90 Å². The summed E-state index contributed by atoms with van der Waals surface area (Å²) >= 11 is 0. The molecule has 4 heteroatoms. The molecule has 0 radical (unpaired) electrons. The molecule has 0 saturated heterocycles.